The van der Waals surface area contributed by atoms with Crippen molar-refractivity contribution in [1.29, 1.82) is 0 Å². The number of hydrogen-bond acceptors (Lipinski definition) is 3. The smallest absolute Gasteiger partial charge is 0.289 e. The molecule has 0 aromatic heterocycles. The van der Waals surface area contributed by atoms with Gasteiger partial charge in [0.05, 0.1) is 13.2 Å². The van der Waals surface area contributed by atoms with Crippen molar-refractivity contribution in [3.05, 3.63) is 0 Å². The molecule has 0 bridgehead atoms. The molecule has 0 saturated carbocycles. The Balaban J connectivity index is 2.62. The summed E-state index contributed by atoms with van der Waals surface area (Å²) in [6, 6.07) is 0. The van der Waals surface area contributed by atoms with Crippen molar-refractivity contribution < 1.29 is 13.6 Å². The molecule has 1 aliphatic rings. The summed E-state index contributed by atoms with van der Waals surface area (Å²) >= 11 is 0. The molecule has 4 nitrogen and oxygen atoms in total. The van der Waals surface area contributed by atoms with Crippen molar-refractivity contribution in [2.45, 2.75) is 6.92 Å². The third-order valence-corrected chi connectivity index (χ3v) is 2.38. The topological polar surface area (TPSA) is 47.9 Å². The van der Waals surface area contributed by atoms with Crippen molar-refractivity contribution in [3.8, 4) is 0 Å². The molecule has 9 heavy (non-hydrogen) atoms. The number of rotatable bonds is 1. The molecule has 0 aromatic rings. The third-order valence-electron chi connectivity index (χ3n) is 0.849. The van der Waals surface area contributed by atoms with Crippen molar-refractivity contribution >= 4 is 14.0 Å². The summed E-state index contributed by atoms with van der Waals surface area (Å²) in [4.78, 5) is 0. The van der Waals surface area contributed by atoms with E-state index in [0.717, 1.165) is 0 Å². The van der Waals surface area contributed by atoms with E-state index in [-0.39, 0.29) is 0 Å². The van der Waals surface area contributed by atoms with E-state index >= 15 is 0 Å². The monoisotopic (exact) mass is 149 g/mol. The minimum atomic E-state index is -3.00. The van der Waals surface area contributed by atoms with Gasteiger partial charge in [-0.1, -0.05) is 0 Å². The van der Waals surface area contributed by atoms with Crippen molar-refractivity contribution in [1.82, 2.24) is 0 Å². The van der Waals surface area contributed by atoms with Crippen LogP contribution in [0.25, 0.3) is 0 Å². The molecule has 1 rings (SSSR count). The lowest BCUT2D eigenvalue weighted by Gasteiger charge is -1.98. The van der Waals surface area contributed by atoms with Gasteiger partial charge in [-0.05, 0) is 6.92 Å². The Bertz CT molecular complexity index is 157. The highest BCUT2D eigenvalue weighted by Crippen LogP contribution is 2.52. The maximum Gasteiger partial charge on any atom is 0.453 e. The maximum absolute atomic E-state index is 11.0. The number of nitrogens with zero attached hydrogens (tertiary/aromatic N) is 1. The fraction of sp³-hybridized carbons (Fsp3) is 0.750. The standard InChI is InChI=1S/C4H8NO3P/c1-2-5-9(6)7-3-4-8-9/h2H,3-4H2,1H3. The SMILES string of the molecule is CC=NP1(=O)OCCO1. The van der Waals surface area contributed by atoms with E-state index in [1.54, 1.807) is 6.92 Å². The predicted molar refractivity (Wildman–Crippen MR) is 33.7 cm³/mol. The van der Waals surface area contributed by atoms with Gasteiger partial charge in [-0.2, -0.15) is 4.76 Å². The van der Waals surface area contributed by atoms with E-state index in [0.29, 0.717) is 13.2 Å². The molecule has 1 saturated heterocycles. The average Bonchev–Trinajstić information content (AvgIpc) is 2.16. The van der Waals surface area contributed by atoms with Gasteiger partial charge in [0.2, 0.25) is 0 Å². The largest absolute Gasteiger partial charge is 0.453 e. The molecule has 0 spiro atoms. The van der Waals surface area contributed by atoms with Gasteiger partial charge in [0.25, 0.3) is 0 Å². The molecular formula is C4H8NO3P. The first-order valence-corrected chi connectivity index (χ1v) is 4.16. The van der Waals surface area contributed by atoms with E-state index in [9.17, 15) is 4.57 Å². The highest BCUT2D eigenvalue weighted by molar-refractivity contribution is 7.52. The lowest BCUT2D eigenvalue weighted by atomic mass is 10.8. The second kappa shape index (κ2) is 2.60. The van der Waals surface area contributed by atoms with Gasteiger partial charge in [0.1, 0.15) is 0 Å². The Morgan fingerprint density at radius 1 is 1.56 bits per heavy atom. The van der Waals surface area contributed by atoms with E-state index < -0.39 is 7.75 Å². The van der Waals surface area contributed by atoms with Crippen LogP contribution in [0, 0.1) is 0 Å². The molecule has 0 radical (unpaired) electrons. The third kappa shape index (κ3) is 1.61. The van der Waals surface area contributed by atoms with Gasteiger partial charge in [0.15, 0.2) is 0 Å². The Kier molecular flexibility index (Phi) is 2.01. The van der Waals surface area contributed by atoms with Crippen molar-refractivity contribution in [2.75, 3.05) is 13.2 Å². The molecule has 0 unspecified atom stereocenters. The summed E-state index contributed by atoms with van der Waals surface area (Å²) in [5.74, 6) is 0. The fourth-order valence-corrected chi connectivity index (χ4v) is 1.65. The van der Waals surface area contributed by atoms with Crippen molar-refractivity contribution in [2.24, 2.45) is 4.76 Å². The van der Waals surface area contributed by atoms with Crippen LogP contribution < -0.4 is 0 Å². The minimum absolute atomic E-state index is 0.384. The maximum atomic E-state index is 11.0. The van der Waals surface area contributed by atoms with Gasteiger partial charge in [-0.3, -0.25) is 9.05 Å². The molecule has 52 valence electrons. The normalized spacial score (nSPS) is 25.4. The van der Waals surface area contributed by atoms with Gasteiger partial charge in [-0.25, -0.2) is 4.57 Å². The summed E-state index contributed by atoms with van der Waals surface area (Å²) in [5.41, 5.74) is 0. The van der Waals surface area contributed by atoms with Gasteiger partial charge in [0, 0.05) is 6.21 Å². The van der Waals surface area contributed by atoms with Crippen LogP contribution in [-0.4, -0.2) is 19.4 Å². The van der Waals surface area contributed by atoms with Gasteiger partial charge in [-0.15, -0.1) is 0 Å². The Morgan fingerprint density at radius 3 is 2.56 bits per heavy atom. The van der Waals surface area contributed by atoms with Crippen LogP contribution in [0.5, 0.6) is 0 Å². The second-order valence-electron chi connectivity index (χ2n) is 1.51. The quantitative estimate of drug-likeness (QED) is 0.416. The van der Waals surface area contributed by atoms with E-state index in [1.807, 2.05) is 0 Å². The Hall–Kier alpha value is -0.180. The highest BCUT2D eigenvalue weighted by atomic mass is 31.2. The lowest BCUT2D eigenvalue weighted by molar-refractivity contribution is 0.354. The fourth-order valence-electron chi connectivity index (χ4n) is 0.551. The van der Waals surface area contributed by atoms with Gasteiger partial charge >= 0.3 is 7.75 Å². The molecule has 5 heteroatoms. The van der Waals surface area contributed by atoms with Crippen LogP contribution in [-0.2, 0) is 13.6 Å². The summed E-state index contributed by atoms with van der Waals surface area (Å²) in [6.07, 6.45) is 1.42. The average molecular weight is 149 g/mol. The second-order valence-corrected chi connectivity index (χ2v) is 3.19. The molecule has 0 aromatic carbocycles. The molecular weight excluding hydrogens is 141 g/mol. The summed E-state index contributed by atoms with van der Waals surface area (Å²) in [6.45, 7) is 2.44. The van der Waals surface area contributed by atoms with Crippen molar-refractivity contribution in [3.63, 3.8) is 0 Å². The van der Waals surface area contributed by atoms with Crippen LogP contribution >= 0.6 is 7.75 Å². The Labute approximate surface area is 53.5 Å². The first kappa shape index (κ1) is 6.93. The van der Waals surface area contributed by atoms with Crippen LogP contribution in [0.1, 0.15) is 6.92 Å². The first-order chi connectivity index (χ1) is 4.27. The summed E-state index contributed by atoms with van der Waals surface area (Å²) in [5, 5.41) is 0. The molecule has 0 aliphatic carbocycles. The predicted octanol–water partition coefficient (Wildman–Crippen LogP) is 1.23. The van der Waals surface area contributed by atoms with E-state index in [2.05, 4.69) is 4.76 Å². The zero-order valence-corrected chi connectivity index (χ0v) is 6.01. The van der Waals surface area contributed by atoms with Crippen LogP contribution in [0.4, 0.5) is 0 Å². The molecule has 1 heterocycles. The van der Waals surface area contributed by atoms with E-state index in [1.165, 1.54) is 6.21 Å². The van der Waals surface area contributed by atoms with Crippen LogP contribution in [0.2, 0.25) is 0 Å². The van der Waals surface area contributed by atoms with Crippen LogP contribution in [0.15, 0.2) is 4.76 Å². The minimum Gasteiger partial charge on any atom is -0.289 e. The van der Waals surface area contributed by atoms with E-state index in [4.69, 9.17) is 9.05 Å². The molecule has 0 N–H and O–H groups in total. The highest BCUT2D eigenvalue weighted by Gasteiger charge is 2.28. The first-order valence-electron chi connectivity index (χ1n) is 2.66. The zero-order valence-electron chi connectivity index (χ0n) is 5.11. The number of hydrogen-bond donors (Lipinski definition) is 0. The molecule has 0 atom stereocenters. The van der Waals surface area contributed by atoms with Crippen LogP contribution in [0.3, 0.4) is 0 Å². The molecule has 1 fully saturated rings. The zero-order chi connectivity index (χ0) is 6.74. The Morgan fingerprint density at radius 2 is 2.11 bits per heavy atom. The van der Waals surface area contributed by atoms with Gasteiger partial charge < -0.3 is 0 Å². The lowest BCUT2D eigenvalue weighted by Crippen LogP contribution is -1.79. The molecule has 1 aliphatic heterocycles. The summed E-state index contributed by atoms with van der Waals surface area (Å²) < 4.78 is 23.9. The molecule has 0 amide bonds. The summed E-state index contributed by atoms with van der Waals surface area (Å²) in [7, 11) is -3.00.